The number of nitrogens with zero attached hydrogens (tertiary/aromatic N) is 2. The maximum absolute atomic E-state index is 13.6. The van der Waals surface area contributed by atoms with Crippen LogP contribution < -0.4 is 11.3 Å². The molecule has 1 heterocycles. The second kappa shape index (κ2) is 5.32. The van der Waals surface area contributed by atoms with Gasteiger partial charge < -0.3 is 5.43 Å². The number of aryl methyl sites for hydroxylation is 3. The standard InChI is InChI=1S/C14H17FN4/c1-8-4-5-11(6-9(8)2)7-12-17-10(3)13(15)14(18-12)19-16/h4-6H,7,16H2,1-3H3,(H,17,18,19). The second-order valence-electron chi connectivity index (χ2n) is 4.63. The average Bonchev–Trinajstić information content (AvgIpc) is 2.38. The second-order valence-corrected chi connectivity index (χ2v) is 4.63. The van der Waals surface area contributed by atoms with Crippen LogP contribution in [0.1, 0.15) is 28.2 Å². The van der Waals surface area contributed by atoms with E-state index < -0.39 is 5.82 Å². The fourth-order valence-electron chi connectivity index (χ4n) is 1.89. The Hall–Kier alpha value is -2.01. The molecular weight excluding hydrogens is 243 g/mol. The molecule has 0 radical (unpaired) electrons. The van der Waals surface area contributed by atoms with E-state index in [1.165, 1.54) is 11.1 Å². The van der Waals surface area contributed by atoms with Crippen LogP contribution in [0.4, 0.5) is 10.2 Å². The topological polar surface area (TPSA) is 63.8 Å². The molecule has 4 nitrogen and oxygen atoms in total. The van der Waals surface area contributed by atoms with Crippen LogP contribution in [0.25, 0.3) is 0 Å². The number of nitrogens with one attached hydrogen (secondary N) is 1. The molecule has 0 fully saturated rings. The minimum absolute atomic E-state index is 0.0336. The van der Waals surface area contributed by atoms with Crippen LogP contribution in [-0.4, -0.2) is 9.97 Å². The van der Waals surface area contributed by atoms with Gasteiger partial charge in [0.1, 0.15) is 5.82 Å². The Morgan fingerprint density at radius 2 is 1.89 bits per heavy atom. The highest BCUT2D eigenvalue weighted by atomic mass is 19.1. The van der Waals surface area contributed by atoms with Gasteiger partial charge in [0.15, 0.2) is 11.6 Å². The van der Waals surface area contributed by atoms with Gasteiger partial charge in [-0.05, 0) is 37.5 Å². The van der Waals surface area contributed by atoms with Gasteiger partial charge in [-0.25, -0.2) is 20.2 Å². The number of nitrogens with two attached hydrogens (primary N) is 1. The highest BCUT2D eigenvalue weighted by Crippen LogP contribution is 2.16. The summed E-state index contributed by atoms with van der Waals surface area (Å²) in [6, 6.07) is 6.18. The van der Waals surface area contributed by atoms with Crippen molar-refractivity contribution in [3.63, 3.8) is 0 Å². The summed E-state index contributed by atoms with van der Waals surface area (Å²) >= 11 is 0. The van der Waals surface area contributed by atoms with E-state index in [2.05, 4.69) is 41.4 Å². The van der Waals surface area contributed by atoms with E-state index in [4.69, 9.17) is 5.84 Å². The average molecular weight is 260 g/mol. The molecule has 0 spiro atoms. The van der Waals surface area contributed by atoms with E-state index >= 15 is 0 Å². The van der Waals surface area contributed by atoms with Gasteiger partial charge in [-0.2, -0.15) is 0 Å². The largest absolute Gasteiger partial charge is 0.306 e. The molecule has 2 aromatic rings. The molecule has 3 N–H and O–H groups in total. The first-order valence-electron chi connectivity index (χ1n) is 6.07. The molecule has 0 bridgehead atoms. The Labute approximate surface area is 111 Å². The van der Waals surface area contributed by atoms with Gasteiger partial charge in [0.2, 0.25) is 0 Å². The Morgan fingerprint density at radius 1 is 1.16 bits per heavy atom. The van der Waals surface area contributed by atoms with Crippen LogP contribution in [0.3, 0.4) is 0 Å². The number of hydrogen-bond donors (Lipinski definition) is 2. The lowest BCUT2D eigenvalue weighted by Gasteiger charge is -2.08. The summed E-state index contributed by atoms with van der Waals surface area (Å²) in [5.41, 5.74) is 6.10. The summed E-state index contributed by atoms with van der Waals surface area (Å²) in [5.74, 6) is 5.32. The summed E-state index contributed by atoms with van der Waals surface area (Å²) in [5, 5.41) is 0. The zero-order chi connectivity index (χ0) is 14.0. The smallest absolute Gasteiger partial charge is 0.187 e. The lowest BCUT2D eigenvalue weighted by molar-refractivity contribution is 0.601. The van der Waals surface area contributed by atoms with Gasteiger partial charge >= 0.3 is 0 Å². The van der Waals surface area contributed by atoms with Crippen molar-refractivity contribution in [1.82, 2.24) is 9.97 Å². The van der Waals surface area contributed by atoms with Crippen molar-refractivity contribution in [2.75, 3.05) is 5.43 Å². The molecule has 0 amide bonds. The quantitative estimate of drug-likeness (QED) is 0.657. The molecule has 0 atom stereocenters. The fraction of sp³-hybridized carbons (Fsp3) is 0.286. The Kier molecular flexibility index (Phi) is 3.76. The molecule has 0 saturated carbocycles. The van der Waals surface area contributed by atoms with Gasteiger partial charge in [-0.1, -0.05) is 18.2 Å². The highest BCUT2D eigenvalue weighted by Gasteiger charge is 2.11. The number of aromatic nitrogens is 2. The number of nitrogen functional groups attached to an aromatic ring is 1. The maximum Gasteiger partial charge on any atom is 0.187 e. The van der Waals surface area contributed by atoms with Crippen LogP contribution in [0.15, 0.2) is 18.2 Å². The molecule has 0 aliphatic carbocycles. The van der Waals surface area contributed by atoms with Crippen molar-refractivity contribution in [2.24, 2.45) is 5.84 Å². The third-order valence-corrected chi connectivity index (χ3v) is 3.13. The summed E-state index contributed by atoms with van der Waals surface area (Å²) in [7, 11) is 0. The summed E-state index contributed by atoms with van der Waals surface area (Å²) in [4.78, 5) is 8.22. The van der Waals surface area contributed by atoms with Crippen molar-refractivity contribution < 1.29 is 4.39 Å². The van der Waals surface area contributed by atoms with Gasteiger partial charge in [-0.3, -0.25) is 0 Å². The molecule has 0 saturated heterocycles. The molecule has 1 aromatic heterocycles. The van der Waals surface area contributed by atoms with E-state index in [0.717, 1.165) is 5.56 Å². The number of halogens is 1. The van der Waals surface area contributed by atoms with Gasteiger partial charge in [0.05, 0.1) is 5.69 Å². The van der Waals surface area contributed by atoms with E-state index in [1.807, 2.05) is 6.07 Å². The van der Waals surface area contributed by atoms with E-state index in [0.29, 0.717) is 17.9 Å². The SMILES string of the molecule is Cc1ccc(Cc2nc(C)c(F)c(NN)n2)cc1C. The van der Waals surface area contributed by atoms with Crippen molar-refractivity contribution in [1.29, 1.82) is 0 Å². The van der Waals surface area contributed by atoms with Crippen LogP contribution in [-0.2, 0) is 6.42 Å². The predicted molar refractivity (Wildman–Crippen MR) is 73.3 cm³/mol. The highest BCUT2D eigenvalue weighted by molar-refractivity contribution is 5.38. The first kappa shape index (κ1) is 13.4. The molecule has 0 aliphatic rings. The lowest BCUT2D eigenvalue weighted by Crippen LogP contribution is -2.14. The molecule has 100 valence electrons. The molecule has 1 aromatic carbocycles. The molecule has 5 heteroatoms. The number of anilines is 1. The fourth-order valence-corrected chi connectivity index (χ4v) is 1.89. The van der Waals surface area contributed by atoms with Crippen molar-refractivity contribution in [3.8, 4) is 0 Å². The Bertz CT molecular complexity index is 611. The normalized spacial score (nSPS) is 10.6. The van der Waals surface area contributed by atoms with Crippen LogP contribution >= 0.6 is 0 Å². The zero-order valence-electron chi connectivity index (χ0n) is 11.3. The molecule has 2 rings (SSSR count). The number of benzene rings is 1. The summed E-state index contributed by atoms with van der Waals surface area (Å²) in [6.07, 6.45) is 0.552. The number of rotatable bonds is 3. The number of hydrogen-bond acceptors (Lipinski definition) is 4. The Morgan fingerprint density at radius 3 is 2.53 bits per heavy atom. The lowest BCUT2D eigenvalue weighted by atomic mass is 10.0. The Balaban J connectivity index is 2.32. The van der Waals surface area contributed by atoms with Crippen molar-refractivity contribution in [3.05, 3.63) is 52.2 Å². The molecule has 0 aliphatic heterocycles. The third-order valence-electron chi connectivity index (χ3n) is 3.13. The van der Waals surface area contributed by atoms with E-state index in [1.54, 1.807) is 6.92 Å². The summed E-state index contributed by atoms with van der Waals surface area (Å²) < 4.78 is 13.6. The third kappa shape index (κ3) is 2.88. The first-order chi connectivity index (χ1) is 9.01. The summed E-state index contributed by atoms with van der Waals surface area (Å²) in [6.45, 7) is 5.72. The van der Waals surface area contributed by atoms with E-state index in [9.17, 15) is 4.39 Å². The van der Waals surface area contributed by atoms with Crippen LogP contribution in [0, 0.1) is 26.6 Å². The number of hydrazine groups is 1. The minimum Gasteiger partial charge on any atom is -0.306 e. The van der Waals surface area contributed by atoms with Gasteiger partial charge in [-0.15, -0.1) is 0 Å². The zero-order valence-corrected chi connectivity index (χ0v) is 11.3. The predicted octanol–water partition coefficient (Wildman–Crippen LogP) is 2.42. The molecule has 19 heavy (non-hydrogen) atoms. The van der Waals surface area contributed by atoms with Crippen LogP contribution in [0.2, 0.25) is 0 Å². The maximum atomic E-state index is 13.6. The van der Waals surface area contributed by atoms with E-state index in [-0.39, 0.29) is 5.82 Å². The monoisotopic (exact) mass is 260 g/mol. The molecular formula is C14H17FN4. The minimum atomic E-state index is -0.508. The van der Waals surface area contributed by atoms with Crippen LogP contribution in [0.5, 0.6) is 0 Å². The van der Waals surface area contributed by atoms with Crippen molar-refractivity contribution in [2.45, 2.75) is 27.2 Å². The van der Waals surface area contributed by atoms with Gasteiger partial charge in [0, 0.05) is 6.42 Å². The molecule has 0 unspecified atom stereocenters. The van der Waals surface area contributed by atoms with Gasteiger partial charge in [0.25, 0.3) is 0 Å². The van der Waals surface area contributed by atoms with Crippen molar-refractivity contribution >= 4 is 5.82 Å². The first-order valence-corrected chi connectivity index (χ1v) is 6.07.